The van der Waals surface area contributed by atoms with Crippen molar-refractivity contribution in [2.45, 2.75) is 25.8 Å². The second-order valence-electron chi connectivity index (χ2n) is 7.04. The van der Waals surface area contributed by atoms with Gasteiger partial charge in [0.2, 0.25) is 5.91 Å². The van der Waals surface area contributed by atoms with Gasteiger partial charge >= 0.3 is 0 Å². The molecule has 6 heteroatoms. The van der Waals surface area contributed by atoms with Crippen LogP contribution in [0, 0.1) is 16.0 Å². The van der Waals surface area contributed by atoms with E-state index in [9.17, 15) is 14.9 Å². The lowest BCUT2D eigenvalue weighted by molar-refractivity contribution is -0.384. The summed E-state index contributed by atoms with van der Waals surface area (Å²) in [6, 6.07) is 16.8. The summed E-state index contributed by atoms with van der Waals surface area (Å²) in [6.45, 7) is 3.33. The van der Waals surface area contributed by atoms with Crippen LogP contribution in [0.25, 0.3) is 0 Å². The molecule has 0 N–H and O–H groups in total. The van der Waals surface area contributed by atoms with Crippen LogP contribution >= 0.6 is 0 Å². The van der Waals surface area contributed by atoms with Crippen LogP contribution in [0.1, 0.15) is 31.4 Å². The molecule has 27 heavy (non-hydrogen) atoms. The standard InChI is InChI=1S/C21H25N3O3/c1-16(17-8-4-3-5-9-17)22(2)21(25)18-12-14-23(15-13-18)19-10-6-7-11-20(19)24(26)27/h3-11,16,18H,12-15H2,1-2H3/t16-/m0/s1. The van der Waals surface area contributed by atoms with Gasteiger partial charge < -0.3 is 9.80 Å². The van der Waals surface area contributed by atoms with E-state index in [1.165, 1.54) is 6.07 Å². The number of hydrogen-bond acceptors (Lipinski definition) is 4. The van der Waals surface area contributed by atoms with Crippen LogP contribution in [-0.2, 0) is 4.79 Å². The Morgan fingerprint density at radius 2 is 1.70 bits per heavy atom. The van der Waals surface area contributed by atoms with Crippen molar-refractivity contribution in [1.82, 2.24) is 4.90 Å². The van der Waals surface area contributed by atoms with E-state index in [-0.39, 0.29) is 28.5 Å². The molecule has 0 aromatic heterocycles. The van der Waals surface area contributed by atoms with E-state index in [4.69, 9.17) is 0 Å². The molecule has 1 fully saturated rings. The number of rotatable bonds is 5. The molecule has 0 radical (unpaired) electrons. The fourth-order valence-electron chi connectivity index (χ4n) is 3.69. The Morgan fingerprint density at radius 3 is 2.33 bits per heavy atom. The zero-order chi connectivity index (χ0) is 19.4. The Bertz CT molecular complexity index is 801. The third-order valence-electron chi connectivity index (χ3n) is 5.47. The number of nitro benzene ring substituents is 1. The van der Waals surface area contributed by atoms with Gasteiger partial charge in [-0.1, -0.05) is 42.5 Å². The van der Waals surface area contributed by atoms with Gasteiger partial charge in [0.25, 0.3) is 5.69 Å². The minimum absolute atomic E-state index is 0.0203. The molecule has 1 saturated heterocycles. The number of nitrogens with zero attached hydrogens (tertiary/aromatic N) is 3. The molecule has 2 aromatic carbocycles. The van der Waals surface area contributed by atoms with E-state index >= 15 is 0 Å². The predicted octanol–water partition coefficient (Wildman–Crippen LogP) is 4.03. The fraction of sp³-hybridized carbons (Fsp3) is 0.381. The highest BCUT2D eigenvalue weighted by molar-refractivity contribution is 5.79. The van der Waals surface area contributed by atoms with Gasteiger partial charge in [0.1, 0.15) is 5.69 Å². The molecule has 0 bridgehead atoms. The monoisotopic (exact) mass is 367 g/mol. The molecule has 1 aliphatic heterocycles. The Balaban J connectivity index is 1.64. The van der Waals surface area contributed by atoms with E-state index in [0.29, 0.717) is 31.6 Å². The van der Waals surface area contributed by atoms with Crippen molar-refractivity contribution in [2.24, 2.45) is 5.92 Å². The average Bonchev–Trinajstić information content (AvgIpc) is 2.73. The maximum atomic E-state index is 12.9. The van der Waals surface area contributed by atoms with Crippen LogP contribution in [0.3, 0.4) is 0 Å². The van der Waals surface area contributed by atoms with Gasteiger partial charge in [-0.3, -0.25) is 14.9 Å². The first-order chi connectivity index (χ1) is 13.0. The van der Waals surface area contributed by atoms with E-state index in [0.717, 1.165) is 5.56 Å². The molecular formula is C21H25N3O3. The minimum atomic E-state index is -0.345. The highest BCUT2D eigenvalue weighted by Crippen LogP contribution is 2.32. The smallest absolute Gasteiger partial charge is 0.292 e. The van der Waals surface area contributed by atoms with Crippen molar-refractivity contribution in [1.29, 1.82) is 0 Å². The molecule has 6 nitrogen and oxygen atoms in total. The van der Waals surface area contributed by atoms with Gasteiger partial charge in [-0.05, 0) is 31.4 Å². The minimum Gasteiger partial charge on any atom is -0.366 e. The number of para-hydroxylation sites is 2. The Morgan fingerprint density at radius 1 is 1.11 bits per heavy atom. The van der Waals surface area contributed by atoms with Gasteiger partial charge in [0.05, 0.1) is 11.0 Å². The molecular weight excluding hydrogens is 342 g/mol. The van der Waals surface area contributed by atoms with Crippen molar-refractivity contribution in [3.8, 4) is 0 Å². The summed E-state index contributed by atoms with van der Waals surface area (Å²) in [5, 5.41) is 11.3. The average molecular weight is 367 g/mol. The number of carbonyl (C=O) groups excluding carboxylic acids is 1. The van der Waals surface area contributed by atoms with Crippen LogP contribution in [0.5, 0.6) is 0 Å². The molecule has 3 rings (SSSR count). The van der Waals surface area contributed by atoms with Gasteiger partial charge in [-0.25, -0.2) is 0 Å². The predicted molar refractivity (Wildman–Crippen MR) is 106 cm³/mol. The number of hydrogen-bond donors (Lipinski definition) is 0. The maximum absolute atomic E-state index is 12.9. The Hall–Kier alpha value is -2.89. The number of anilines is 1. The van der Waals surface area contributed by atoms with Gasteiger partial charge in [0, 0.05) is 32.1 Å². The zero-order valence-electron chi connectivity index (χ0n) is 15.7. The second-order valence-corrected chi connectivity index (χ2v) is 7.04. The molecule has 1 atom stereocenters. The van der Waals surface area contributed by atoms with Crippen LogP contribution < -0.4 is 4.90 Å². The lowest BCUT2D eigenvalue weighted by atomic mass is 9.94. The Labute approximate surface area is 159 Å². The van der Waals surface area contributed by atoms with Crippen molar-refractivity contribution >= 4 is 17.3 Å². The number of benzene rings is 2. The van der Waals surface area contributed by atoms with Crippen molar-refractivity contribution < 1.29 is 9.72 Å². The quantitative estimate of drug-likeness (QED) is 0.591. The molecule has 0 saturated carbocycles. The lowest BCUT2D eigenvalue weighted by Crippen LogP contribution is -2.42. The van der Waals surface area contributed by atoms with E-state index in [1.54, 1.807) is 12.1 Å². The molecule has 1 heterocycles. The van der Waals surface area contributed by atoms with E-state index < -0.39 is 0 Å². The second kappa shape index (κ2) is 8.20. The van der Waals surface area contributed by atoms with Crippen LogP contribution in [0.4, 0.5) is 11.4 Å². The van der Waals surface area contributed by atoms with Crippen LogP contribution in [0.15, 0.2) is 54.6 Å². The zero-order valence-corrected chi connectivity index (χ0v) is 15.7. The molecule has 0 spiro atoms. The summed E-state index contributed by atoms with van der Waals surface area (Å²) in [6.07, 6.45) is 1.41. The molecule has 2 aromatic rings. The SMILES string of the molecule is C[C@@H](c1ccccc1)N(C)C(=O)C1CCN(c2ccccc2[N+](=O)[O-])CC1. The first-order valence-electron chi connectivity index (χ1n) is 9.29. The highest BCUT2D eigenvalue weighted by atomic mass is 16.6. The maximum Gasteiger partial charge on any atom is 0.292 e. The largest absolute Gasteiger partial charge is 0.366 e. The number of nitro groups is 1. The molecule has 1 aliphatic rings. The first kappa shape index (κ1) is 18.9. The number of piperidine rings is 1. The summed E-state index contributed by atoms with van der Waals surface area (Å²) < 4.78 is 0. The summed E-state index contributed by atoms with van der Waals surface area (Å²) in [4.78, 5) is 27.7. The normalized spacial score (nSPS) is 16.0. The topological polar surface area (TPSA) is 66.7 Å². The van der Waals surface area contributed by atoms with Crippen molar-refractivity contribution in [2.75, 3.05) is 25.0 Å². The molecule has 1 amide bonds. The summed E-state index contributed by atoms with van der Waals surface area (Å²) in [5.41, 5.74) is 1.88. The van der Waals surface area contributed by atoms with Gasteiger partial charge in [0.15, 0.2) is 0 Å². The lowest BCUT2D eigenvalue weighted by Gasteiger charge is -2.35. The van der Waals surface area contributed by atoms with Crippen molar-refractivity contribution in [3.05, 3.63) is 70.3 Å². The van der Waals surface area contributed by atoms with E-state index in [1.807, 2.05) is 60.2 Å². The third-order valence-corrected chi connectivity index (χ3v) is 5.47. The molecule has 0 unspecified atom stereocenters. The molecule has 142 valence electrons. The highest BCUT2D eigenvalue weighted by Gasteiger charge is 2.31. The molecule has 0 aliphatic carbocycles. The number of amides is 1. The summed E-state index contributed by atoms with van der Waals surface area (Å²) in [7, 11) is 1.86. The van der Waals surface area contributed by atoms with Crippen LogP contribution in [0.2, 0.25) is 0 Å². The van der Waals surface area contributed by atoms with Crippen LogP contribution in [-0.4, -0.2) is 35.9 Å². The van der Waals surface area contributed by atoms with E-state index in [2.05, 4.69) is 0 Å². The van der Waals surface area contributed by atoms with Crippen molar-refractivity contribution in [3.63, 3.8) is 0 Å². The Kier molecular flexibility index (Phi) is 5.74. The van der Waals surface area contributed by atoms with Gasteiger partial charge in [-0.15, -0.1) is 0 Å². The first-order valence-corrected chi connectivity index (χ1v) is 9.29. The summed E-state index contributed by atoms with van der Waals surface area (Å²) >= 11 is 0. The number of carbonyl (C=O) groups is 1. The third kappa shape index (κ3) is 4.10. The fourth-order valence-corrected chi connectivity index (χ4v) is 3.69. The van der Waals surface area contributed by atoms with Gasteiger partial charge in [-0.2, -0.15) is 0 Å². The summed E-state index contributed by atoms with van der Waals surface area (Å²) in [5.74, 6) is 0.105.